The van der Waals surface area contributed by atoms with Crippen molar-refractivity contribution in [3.8, 4) is 0 Å². The Morgan fingerprint density at radius 1 is 1.19 bits per heavy atom. The van der Waals surface area contributed by atoms with Crippen LogP contribution >= 0.6 is 11.3 Å². The first-order valence-corrected chi connectivity index (χ1v) is 10.8. The first-order chi connectivity index (χ1) is 15.6. The van der Waals surface area contributed by atoms with Crippen LogP contribution < -0.4 is 5.32 Å². The number of fused-ring (bicyclic) bond motifs is 2. The first kappa shape index (κ1) is 20.1. The Hall–Kier alpha value is -3.85. The van der Waals surface area contributed by atoms with Crippen molar-refractivity contribution in [1.82, 2.24) is 19.7 Å². The van der Waals surface area contributed by atoms with E-state index in [-0.39, 0.29) is 11.8 Å². The van der Waals surface area contributed by atoms with Gasteiger partial charge in [0.1, 0.15) is 27.7 Å². The Labute approximate surface area is 186 Å². The van der Waals surface area contributed by atoms with Gasteiger partial charge in [-0.25, -0.2) is 19.2 Å². The summed E-state index contributed by atoms with van der Waals surface area (Å²) in [6.45, 7) is 2.57. The fraction of sp³-hybridized carbons (Fsp3) is 0.130. The van der Waals surface area contributed by atoms with Crippen LogP contribution in [-0.4, -0.2) is 32.3 Å². The van der Waals surface area contributed by atoms with Crippen molar-refractivity contribution in [3.63, 3.8) is 0 Å². The summed E-state index contributed by atoms with van der Waals surface area (Å²) in [5, 5.41) is 9.45. The highest BCUT2D eigenvalue weighted by Crippen LogP contribution is 2.31. The number of carbonyl (C=O) groups is 1. The lowest BCUT2D eigenvalue weighted by molar-refractivity contribution is 0.0532. The van der Waals surface area contributed by atoms with Gasteiger partial charge in [-0.05, 0) is 48.9 Å². The Balaban J connectivity index is 1.42. The van der Waals surface area contributed by atoms with Gasteiger partial charge >= 0.3 is 5.97 Å². The molecule has 5 rings (SSSR count). The minimum Gasteiger partial charge on any atom is -0.462 e. The number of rotatable bonds is 6. The molecule has 0 fully saturated rings. The number of anilines is 2. The van der Waals surface area contributed by atoms with E-state index < -0.39 is 0 Å². The van der Waals surface area contributed by atoms with Crippen LogP contribution in [0.4, 0.5) is 15.9 Å². The summed E-state index contributed by atoms with van der Waals surface area (Å²) >= 11 is 1.27. The van der Waals surface area contributed by atoms with Crippen molar-refractivity contribution in [2.75, 3.05) is 11.9 Å². The highest BCUT2D eigenvalue weighted by molar-refractivity contribution is 7.20. The summed E-state index contributed by atoms with van der Waals surface area (Å²) in [5.74, 6) is -0.0250. The molecule has 0 spiro atoms. The number of hydrogen-bond donors (Lipinski definition) is 1. The lowest BCUT2D eigenvalue weighted by Gasteiger charge is -2.08. The third kappa shape index (κ3) is 3.90. The van der Waals surface area contributed by atoms with Gasteiger partial charge in [-0.15, -0.1) is 11.3 Å². The van der Waals surface area contributed by atoms with Crippen LogP contribution in [0.5, 0.6) is 0 Å². The molecule has 9 heteroatoms. The van der Waals surface area contributed by atoms with Crippen LogP contribution in [0.3, 0.4) is 0 Å². The number of ether oxygens (including phenoxy) is 1. The number of hydrogen-bond acceptors (Lipinski definition) is 7. The fourth-order valence-corrected chi connectivity index (χ4v) is 4.39. The lowest BCUT2D eigenvalue weighted by atomic mass is 10.2. The predicted octanol–water partition coefficient (Wildman–Crippen LogP) is 5.15. The molecule has 32 heavy (non-hydrogen) atoms. The molecule has 0 saturated carbocycles. The van der Waals surface area contributed by atoms with E-state index in [4.69, 9.17) is 4.74 Å². The molecule has 0 atom stereocenters. The standard InChI is InChI=1S/C23H18FN5O2S/c1-2-31-23(30)20-10-18-21(25-13-26-22(18)32-20)28-17-6-7-19-15(9-17)11-27-29(19)12-14-4-3-5-16(24)8-14/h3-11,13H,2,12H2,1H3,(H,25,26,28). The molecular weight excluding hydrogens is 429 g/mol. The Kier molecular flexibility index (Phi) is 5.24. The molecule has 160 valence electrons. The lowest BCUT2D eigenvalue weighted by Crippen LogP contribution is -2.01. The monoisotopic (exact) mass is 447 g/mol. The summed E-state index contributed by atoms with van der Waals surface area (Å²) < 4.78 is 20.4. The van der Waals surface area contributed by atoms with E-state index in [9.17, 15) is 9.18 Å². The van der Waals surface area contributed by atoms with Crippen molar-refractivity contribution >= 4 is 49.9 Å². The van der Waals surface area contributed by atoms with E-state index in [1.165, 1.54) is 29.8 Å². The molecule has 3 aromatic heterocycles. The van der Waals surface area contributed by atoms with Gasteiger partial charge < -0.3 is 10.1 Å². The second kappa shape index (κ2) is 8.35. The average Bonchev–Trinajstić information content (AvgIpc) is 3.39. The number of halogens is 1. The van der Waals surface area contributed by atoms with Crippen molar-refractivity contribution in [2.24, 2.45) is 0 Å². The van der Waals surface area contributed by atoms with Crippen LogP contribution in [0, 0.1) is 5.82 Å². The Bertz CT molecular complexity index is 1450. The molecule has 0 bridgehead atoms. The van der Waals surface area contributed by atoms with E-state index in [1.807, 2.05) is 28.9 Å². The highest BCUT2D eigenvalue weighted by atomic mass is 32.1. The van der Waals surface area contributed by atoms with E-state index in [1.54, 1.807) is 25.3 Å². The SMILES string of the molecule is CCOC(=O)c1cc2c(Nc3ccc4c(cnn4Cc4cccc(F)c4)c3)ncnc2s1. The maximum atomic E-state index is 13.5. The van der Waals surface area contributed by atoms with Crippen LogP contribution in [-0.2, 0) is 11.3 Å². The summed E-state index contributed by atoms with van der Waals surface area (Å²) in [5.41, 5.74) is 2.61. The second-order valence-corrected chi connectivity index (χ2v) is 8.13. The molecule has 0 aliphatic rings. The molecule has 0 unspecified atom stereocenters. The van der Waals surface area contributed by atoms with Crippen molar-refractivity contribution < 1.29 is 13.9 Å². The largest absolute Gasteiger partial charge is 0.462 e. The molecule has 7 nitrogen and oxygen atoms in total. The zero-order valence-corrected chi connectivity index (χ0v) is 17.9. The van der Waals surface area contributed by atoms with Gasteiger partial charge in [0.2, 0.25) is 0 Å². The number of esters is 1. The quantitative estimate of drug-likeness (QED) is 0.363. The van der Waals surface area contributed by atoms with Crippen LogP contribution in [0.2, 0.25) is 0 Å². The van der Waals surface area contributed by atoms with Crippen LogP contribution in [0.15, 0.2) is 61.1 Å². The maximum Gasteiger partial charge on any atom is 0.348 e. The van der Waals surface area contributed by atoms with Gasteiger partial charge in [0.25, 0.3) is 0 Å². The fourth-order valence-electron chi connectivity index (χ4n) is 3.49. The molecule has 5 aromatic rings. The molecule has 0 aliphatic heterocycles. The highest BCUT2D eigenvalue weighted by Gasteiger charge is 2.15. The maximum absolute atomic E-state index is 13.5. The van der Waals surface area contributed by atoms with Crippen molar-refractivity contribution in [2.45, 2.75) is 13.5 Å². The van der Waals surface area contributed by atoms with Crippen LogP contribution in [0.25, 0.3) is 21.1 Å². The predicted molar refractivity (Wildman–Crippen MR) is 122 cm³/mol. The zero-order chi connectivity index (χ0) is 22.1. The van der Waals surface area contributed by atoms with Gasteiger partial charge in [0, 0.05) is 11.1 Å². The number of aromatic nitrogens is 4. The molecule has 0 radical (unpaired) electrons. The number of carbonyl (C=O) groups excluding carboxylic acids is 1. The van der Waals surface area contributed by atoms with Gasteiger partial charge in [-0.2, -0.15) is 5.10 Å². The van der Waals surface area contributed by atoms with Crippen molar-refractivity contribution in [3.05, 3.63) is 77.3 Å². The first-order valence-electron chi connectivity index (χ1n) is 9.99. The molecule has 0 saturated heterocycles. The van der Waals surface area contributed by atoms with Gasteiger partial charge in [-0.3, -0.25) is 4.68 Å². The average molecular weight is 447 g/mol. The van der Waals surface area contributed by atoms with E-state index in [0.717, 1.165) is 27.5 Å². The zero-order valence-electron chi connectivity index (χ0n) is 17.1. The number of benzene rings is 2. The number of nitrogens with zero attached hydrogens (tertiary/aromatic N) is 4. The molecule has 3 heterocycles. The van der Waals surface area contributed by atoms with E-state index >= 15 is 0 Å². The minimum atomic E-state index is -0.367. The normalized spacial score (nSPS) is 11.2. The number of nitrogens with one attached hydrogen (secondary N) is 1. The third-order valence-corrected chi connectivity index (χ3v) is 5.96. The third-order valence-electron chi connectivity index (χ3n) is 4.93. The summed E-state index contributed by atoms with van der Waals surface area (Å²) in [6.07, 6.45) is 3.24. The van der Waals surface area contributed by atoms with Gasteiger partial charge in [0.05, 0.1) is 30.3 Å². The second-order valence-electron chi connectivity index (χ2n) is 7.10. The number of thiophene rings is 1. The molecule has 1 N–H and O–H groups in total. The molecule has 0 aliphatic carbocycles. The minimum absolute atomic E-state index is 0.263. The molecule has 2 aromatic carbocycles. The molecule has 0 amide bonds. The van der Waals surface area contributed by atoms with Crippen molar-refractivity contribution in [1.29, 1.82) is 0 Å². The molecular formula is C23H18FN5O2S. The summed E-state index contributed by atoms with van der Waals surface area (Å²) in [4.78, 5) is 21.9. The smallest absolute Gasteiger partial charge is 0.348 e. The van der Waals surface area contributed by atoms with Gasteiger partial charge in [-0.1, -0.05) is 12.1 Å². The topological polar surface area (TPSA) is 81.9 Å². The van der Waals surface area contributed by atoms with E-state index in [2.05, 4.69) is 20.4 Å². The summed E-state index contributed by atoms with van der Waals surface area (Å²) in [7, 11) is 0. The van der Waals surface area contributed by atoms with Crippen LogP contribution in [0.1, 0.15) is 22.2 Å². The van der Waals surface area contributed by atoms with E-state index in [0.29, 0.717) is 28.7 Å². The van der Waals surface area contributed by atoms with Gasteiger partial charge in [0.15, 0.2) is 0 Å². The Morgan fingerprint density at radius 3 is 2.94 bits per heavy atom. The summed E-state index contributed by atoms with van der Waals surface area (Å²) in [6, 6.07) is 14.1. The Morgan fingerprint density at radius 2 is 2.09 bits per heavy atom.